The summed E-state index contributed by atoms with van der Waals surface area (Å²) in [5, 5.41) is 0. The van der Waals surface area contributed by atoms with Crippen molar-refractivity contribution in [1.29, 1.82) is 0 Å². The highest BCUT2D eigenvalue weighted by Crippen LogP contribution is 2.60. The van der Waals surface area contributed by atoms with Gasteiger partial charge in [-0.3, -0.25) is 0 Å². The highest BCUT2D eigenvalue weighted by atomic mass is 17.4. The highest BCUT2D eigenvalue weighted by molar-refractivity contribution is 5.03. The smallest absolute Gasteiger partial charge is 0.198 e. The second-order valence-electron chi connectivity index (χ2n) is 8.02. The Morgan fingerprint density at radius 3 is 1.95 bits per heavy atom. The maximum atomic E-state index is 5.89. The third kappa shape index (κ3) is 2.72. The molecule has 4 bridgehead atoms. The monoisotopic (exact) mass is 310 g/mol. The Kier molecular flexibility index (Phi) is 4.46. The van der Waals surface area contributed by atoms with Crippen LogP contribution in [0.1, 0.15) is 77.6 Å². The van der Waals surface area contributed by atoms with Crippen LogP contribution in [0.4, 0.5) is 0 Å². The van der Waals surface area contributed by atoms with Gasteiger partial charge in [-0.1, -0.05) is 32.6 Å². The molecule has 1 saturated heterocycles. The van der Waals surface area contributed by atoms with E-state index in [1.165, 1.54) is 57.8 Å². The van der Waals surface area contributed by atoms with Crippen LogP contribution in [0.2, 0.25) is 0 Å². The van der Waals surface area contributed by atoms with Crippen molar-refractivity contribution in [1.82, 2.24) is 0 Å². The summed E-state index contributed by atoms with van der Waals surface area (Å²) < 4.78 is 0. The number of rotatable bonds is 6. The summed E-state index contributed by atoms with van der Waals surface area (Å²) in [6, 6.07) is 0. The first kappa shape index (κ1) is 15.4. The quantitative estimate of drug-likeness (QED) is 0.525. The predicted molar refractivity (Wildman–Crippen MR) is 81.3 cm³/mol. The van der Waals surface area contributed by atoms with E-state index in [1.807, 2.05) is 0 Å². The van der Waals surface area contributed by atoms with E-state index in [0.717, 1.165) is 24.7 Å². The molecule has 4 aliphatic carbocycles. The molecule has 0 aromatic carbocycles. The highest BCUT2D eigenvalue weighted by Gasteiger charge is 2.62. The lowest BCUT2D eigenvalue weighted by atomic mass is 9.53. The van der Waals surface area contributed by atoms with E-state index in [0.29, 0.717) is 11.8 Å². The fraction of sp³-hybridized carbons (Fsp3) is 1.00. The Hall–Kier alpha value is -0.160. The van der Waals surface area contributed by atoms with Crippen LogP contribution in [0.3, 0.4) is 0 Å². The molecule has 5 rings (SSSR count). The molecule has 0 atom stereocenters. The van der Waals surface area contributed by atoms with Crippen molar-refractivity contribution in [3.63, 3.8) is 0 Å². The van der Waals surface area contributed by atoms with Gasteiger partial charge in [0.1, 0.15) is 0 Å². The Morgan fingerprint density at radius 1 is 0.773 bits per heavy atom. The molecule has 0 radical (unpaired) electrons. The van der Waals surface area contributed by atoms with Gasteiger partial charge in [0.2, 0.25) is 12.1 Å². The summed E-state index contributed by atoms with van der Waals surface area (Å²) in [6.07, 6.45) is 13.1. The molecule has 0 unspecified atom stereocenters. The molecule has 1 heterocycles. The van der Waals surface area contributed by atoms with Crippen LogP contribution >= 0.6 is 0 Å². The third-order valence-corrected chi connectivity index (χ3v) is 6.39. The Morgan fingerprint density at radius 2 is 1.36 bits per heavy atom. The van der Waals surface area contributed by atoms with E-state index >= 15 is 0 Å². The summed E-state index contributed by atoms with van der Waals surface area (Å²) in [7, 11) is 0. The van der Waals surface area contributed by atoms with E-state index in [1.54, 1.807) is 0 Å². The molecule has 4 nitrogen and oxygen atoms in total. The summed E-state index contributed by atoms with van der Waals surface area (Å²) in [4.78, 5) is 23.0. The Balaban J connectivity index is 1.27. The standard InChI is InChI=1S/C18H30O4/c1-2-3-4-5-6-7-17-19-21-18(22-20-17)15-9-13-8-14(11-15)12-16(18)10-13/h13-17H,2-12H2,1H3. The van der Waals surface area contributed by atoms with Gasteiger partial charge in [0.15, 0.2) is 0 Å². The molecular weight excluding hydrogens is 280 g/mol. The predicted octanol–water partition coefficient (Wildman–Crippen LogP) is 4.74. The largest absolute Gasteiger partial charge is 0.239 e. The summed E-state index contributed by atoms with van der Waals surface area (Å²) >= 11 is 0. The van der Waals surface area contributed by atoms with Crippen LogP contribution in [0.15, 0.2) is 0 Å². The average molecular weight is 310 g/mol. The molecule has 4 saturated carbocycles. The van der Waals surface area contributed by atoms with E-state index in [-0.39, 0.29) is 6.29 Å². The molecule has 0 N–H and O–H groups in total. The first-order valence-corrected chi connectivity index (χ1v) is 9.49. The lowest BCUT2D eigenvalue weighted by Crippen LogP contribution is -2.62. The Labute approximate surface area is 133 Å². The van der Waals surface area contributed by atoms with E-state index < -0.39 is 5.79 Å². The zero-order valence-electron chi connectivity index (χ0n) is 13.8. The zero-order valence-corrected chi connectivity index (χ0v) is 13.8. The average Bonchev–Trinajstić information content (AvgIpc) is 2.53. The van der Waals surface area contributed by atoms with Gasteiger partial charge in [-0.05, 0) is 50.4 Å². The van der Waals surface area contributed by atoms with Crippen LogP contribution < -0.4 is 0 Å². The SMILES string of the molecule is CCCCCCCC1OOC2(OO1)C1CC3CC(C1)CC2C3. The van der Waals surface area contributed by atoms with Crippen molar-refractivity contribution in [2.75, 3.05) is 0 Å². The zero-order chi connectivity index (χ0) is 15.0. The molecule has 22 heavy (non-hydrogen) atoms. The van der Waals surface area contributed by atoms with Crippen molar-refractivity contribution in [2.24, 2.45) is 23.7 Å². The van der Waals surface area contributed by atoms with Gasteiger partial charge >= 0.3 is 0 Å². The van der Waals surface area contributed by atoms with Crippen LogP contribution in [-0.4, -0.2) is 12.1 Å². The van der Waals surface area contributed by atoms with Crippen molar-refractivity contribution >= 4 is 0 Å². The van der Waals surface area contributed by atoms with Crippen molar-refractivity contribution in [2.45, 2.75) is 89.6 Å². The minimum absolute atomic E-state index is 0.343. The fourth-order valence-electron chi connectivity index (χ4n) is 5.41. The van der Waals surface area contributed by atoms with Gasteiger partial charge < -0.3 is 0 Å². The maximum Gasteiger partial charge on any atom is 0.239 e. The van der Waals surface area contributed by atoms with Crippen LogP contribution in [0.25, 0.3) is 0 Å². The fourth-order valence-corrected chi connectivity index (χ4v) is 5.41. The van der Waals surface area contributed by atoms with Crippen molar-refractivity contribution in [3.8, 4) is 0 Å². The molecular formula is C18H30O4. The van der Waals surface area contributed by atoms with Gasteiger partial charge in [0, 0.05) is 18.3 Å². The van der Waals surface area contributed by atoms with Gasteiger partial charge in [-0.25, -0.2) is 0 Å². The van der Waals surface area contributed by atoms with Crippen LogP contribution in [0.5, 0.6) is 0 Å². The number of hydrogen-bond acceptors (Lipinski definition) is 4. The van der Waals surface area contributed by atoms with Crippen molar-refractivity contribution in [3.05, 3.63) is 0 Å². The molecule has 0 aromatic heterocycles. The molecule has 5 fully saturated rings. The summed E-state index contributed by atoms with van der Waals surface area (Å²) in [5.41, 5.74) is 0. The minimum atomic E-state index is -0.591. The van der Waals surface area contributed by atoms with Crippen LogP contribution in [0, 0.1) is 23.7 Å². The molecule has 1 spiro atoms. The van der Waals surface area contributed by atoms with E-state index in [9.17, 15) is 0 Å². The second-order valence-corrected chi connectivity index (χ2v) is 8.02. The molecule has 0 aromatic rings. The summed E-state index contributed by atoms with van der Waals surface area (Å²) in [6.45, 7) is 2.24. The minimum Gasteiger partial charge on any atom is -0.198 e. The maximum absolute atomic E-state index is 5.89. The van der Waals surface area contributed by atoms with Gasteiger partial charge in [0.05, 0.1) is 0 Å². The molecule has 4 heteroatoms. The normalized spacial score (nSPS) is 46.5. The topological polar surface area (TPSA) is 36.9 Å². The number of unbranched alkanes of at least 4 members (excludes halogenated alkanes) is 4. The molecule has 5 aliphatic rings. The van der Waals surface area contributed by atoms with Gasteiger partial charge in [0.25, 0.3) is 0 Å². The third-order valence-electron chi connectivity index (χ3n) is 6.39. The molecule has 1 aliphatic heterocycles. The molecule has 0 amide bonds. The van der Waals surface area contributed by atoms with Crippen molar-refractivity contribution < 1.29 is 19.6 Å². The van der Waals surface area contributed by atoms with E-state index in [4.69, 9.17) is 19.6 Å². The Bertz CT molecular complexity index is 345. The lowest BCUT2D eigenvalue weighted by molar-refractivity contribution is -0.650. The first-order valence-electron chi connectivity index (χ1n) is 9.49. The first-order chi connectivity index (χ1) is 10.8. The van der Waals surface area contributed by atoms with Crippen LogP contribution in [-0.2, 0) is 19.6 Å². The number of hydrogen-bond donors (Lipinski definition) is 0. The lowest BCUT2D eigenvalue weighted by Gasteiger charge is -2.59. The molecule has 126 valence electrons. The van der Waals surface area contributed by atoms with E-state index in [2.05, 4.69) is 6.92 Å². The summed E-state index contributed by atoms with van der Waals surface area (Å²) in [5.74, 6) is 2.11. The second kappa shape index (κ2) is 6.39. The van der Waals surface area contributed by atoms with Gasteiger partial charge in [-0.2, -0.15) is 19.6 Å². The van der Waals surface area contributed by atoms with Gasteiger partial charge in [-0.15, -0.1) is 0 Å².